The van der Waals surface area contributed by atoms with Crippen molar-refractivity contribution < 1.29 is 0 Å². The first-order valence-electron chi connectivity index (χ1n) is 13.2. The maximum Gasteiger partial charge on any atom is 0.0911 e. The SMILES string of the molecule is N#CC=C1CCN(c2cccc3cnc(-c4ccc(N5CCC(=CC#N)CC5)c5cnccc45)cc23)CC1. The number of aromatic nitrogens is 2. The molecular weight excluding hydrogens is 468 g/mol. The van der Waals surface area contributed by atoms with Crippen molar-refractivity contribution in [3.63, 3.8) is 0 Å². The second-order valence-electron chi connectivity index (χ2n) is 9.96. The first-order chi connectivity index (χ1) is 18.7. The van der Waals surface area contributed by atoms with Crippen LogP contribution in [-0.2, 0) is 0 Å². The second-order valence-corrected chi connectivity index (χ2v) is 9.96. The number of nitrogens with zero attached hydrogens (tertiary/aromatic N) is 6. The number of pyridine rings is 2. The van der Waals surface area contributed by atoms with E-state index in [1.807, 2.05) is 18.6 Å². The maximum absolute atomic E-state index is 9.01. The lowest BCUT2D eigenvalue weighted by atomic mass is 9.97. The van der Waals surface area contributed by atoms with E-state index in [0.29, 0.717) is 0 Å². The molecule has 2 fully saturated rings. The zero-order valence-electron chi connectivity index (χ0n) is 21.3. The third-order valence-corrected chi connectivity index (χ3v) is 7.84. The van der Waals surface area contributed by atoms with Crippen molar-refractivity contribution in [2.75, 3.05) is 36.0 Å². The van der Waals surface area contributed by atoms with Gasteiger partial charge in [-0.15, -0.1) is 0 Å². The van der Waals surface area contributed by atoms with E-state index in [2.05, 4.69) is 69.4 Å². The van der Waals surface area contributed by atoms with E-state index in [0.717, 1.165) is 79.3 Å². The molecule has 2 aliphatic heterocycles. The van der Waals surface area contributed by atoms with Crippen LogP contribution in [0.1, 0.15) is 25.7 Å². The second kappa shape index (κ2) is 10.4. The molecule has 2 saturated heterocycles. The van der Waals surface area contributed by atoms with Crippen LogP contribution >= 0.6 is 0 Å². The fourth-order valence-corrected chi connectivity index (χ4v) is 5.79. The molecule has 6 heteroatoms. The number of anilines is 2. The molecule has 38 heavy (non-hydrogen) atoms. The molecule has 0 saturated carbocycles. The van der Waals surface area contributed by atoms with Crippen molar-refractivity contribution in [1.29, 1.82) is 10.5 Å². The Kier molecular flexibility index (Phi) is 6.46. The summed E-state index contributed by atoms with van der Waals surface area (Å²) in [6.07, 6.45) is 12.9. The van der Waals surface area contributed by atoms with Gasteiger partial charge >= 0.3 is 0 Å². The molecule has 0 bridgehead atoms. The molecule has 2 aromatic carbocycles. The molecule has 0 unspecified atom stereocenters. The van der Waals surface area contributed by atoms with Gasteiger partial charge in [0.15, 0.2) is 0 Å². The van der Waals surface area contributed by atoms with Crippen LogP contribution in [0, 0.1) is 22.7 Å². The zero-order valence-corrected chi connectivity index (χ0v) is 21.3. The first kappa shape index (κ1) is 23.7. The van der Waals surface area contributed by atoms with Crippen LogP contribution in [0.25, 0.3) is 32.8 Å². The van der Waals surface area contributed by atoms with Gasteiger partial charge < -0.3 is 9.80 Å². The first-order valence-corrected chi connectivity index (χ1v) is 13.2. The summed E-state index contributed by atoms with van der Waals surface area (Å²) >= 11 is 0. The fraction of sp³-hybridized carbons (Fsp3) is 0.250. The molecule has 2 aliphatic rings. The van der Waals surface area contributed by atoms with Gasteiger partial charge in [-0.25, -0.2) is 0 Å². The minimum atomic E-state index is 0.898. The average Bonchev–Trinajstić information content (AvgIpc) is 2.97. The maximum atomic E-state index is 9.01. The Hall–Kier alpha value is -4.68. The number of benzene rings is 2. The Labute approximate surface area is 222 Å². The molecule has 0 amide bonds. The average molecular weight is 497 g/mol. The molecular formula is C32H28N6. The van der Waals surface area contributed by atoms with E-state index in [4.69, 9.17) is 15.5 Å². The summed E-state index contributed by atoms with van der Waals surface area (Å²) in [5, 5.41) is 22.6. The van der Waals surface area contributed by atoms with Gasteiger partial charge in [0, 0.05) is 90.0 Å². The normalized spacial score (nSPS) is 15.8. The molecule has 0 N–H and O–H groups in total. The van der Waals surface area contributed by atoms with Crippen LogP contribution in [0.4, 0.5) is 11.4 Å². The van der Waals surface area contributed by atoms with E-state index in [-0.39, 0.29) is 0 Å². The number of hydrogen-bond donors (Lipinski definition) is 0. The molecule has 0 spiro atoms. The highest BCUT2D eigenvalue weighted by Gasteiger charge is 2.20. The Bertz CT molecular complexity index is 1650. The van der Waals surface area contributed by atoms with Crippen LogP contribution < -0.4 is 9.80 Å². The number of piperidine rings is 2. The summed E-state index contributed by atoms with van der Waals surface area (Å²) in [5.41, 5.74) is 6.92. The molecule has 186 valence electrons. The van der Waals surface area contributed by atoms with E-state index in [9.17, 15) is 0 Å². The summed E-state index contributed by atoms with van der Waals surface area (Å²) in [6, 6.07) is 19.5. The number of hydrogen-bond acceptors (Lipinski definition) is 6. The largest absolute Gasteiger partial charge is 0.370 e. The molecule has 6 rings (SSSR count). The number of nitriles is 2. The predicted molar refractivity (Wildman–Crippen MR) is 153 cm³/mol. The number of allylic oxidation sites excluding steroid dienone is 2. The third-order valence-electron chi connectivity index (χ3n) is 7.84. The van der Waals surface area contributed by atoms with Crippen molar-refractivity contribution in [3.05, 3.63) is 84.4 Å². The molecule has 6 nitrogen and oxygen atoms in total. The monoisotopic (exact) mass is 496 g/mol. The topological polar surface area (TPSA) is 79.8 Å². The van der Waals surface area contributed by atoms with Crippen LogP contribution in [-0.4, -0.2) is 36.1 Å². The summed E-state index contributed by atoms with van der Waals surface area (Å²) in [6.45, 7) is 3.62. The molecule has 0 radical (unpaired) electrons. The van der Waals surface area contributed by atoms with Gasteiger partial charge in [0.1, 0.15) is 0 Å². The van der Waals surface area contributed by atoms with E-state index < -0.39 is 0 Å². The van der Waals surface area contributed by atoms with Gasteiger partial charge in [0.2, 0.25) is 0 Å². The highest BCUT2D eigenvalue weighted by atomic mass is 15.1. The van der Waals surface area contributed by atoms with Crippen molar-refractivity contribution in [1.82, 2.24) is 9.97 Å². The lowest BCUT2D eigenvalue weighted by Crippen LogP contribution is -2.30. The quantitative estimate of drug-likeness (QED) is 0.299. The fourth-order valence-electron chi connectivity index (χ4n) is 5.79. The van der Waals surface area contributed by atoms with Crippen LogP contribution in [0.5, 0.6) is 0 Å². The number of fused-ring (bicyclic) bond motifs is 2. The molecule has 0 atom stereocenters. The van der Waals surface area contributed by atoms with Crippen molar-refractivity contribution >= 4 is 32.9 Å². The standard InChI is InChI=1S/C32H28N6/c33-13-6-23-9-16-37(17-10-23)31-3-1-2-25-21-36-30(20-28(25)31)27-4-5-32(29-22-35-15-8-26(27)29)38-18-11-24(7-14-34)12-19-38/h1-8,15,20-22H,9-12,16-19H2. The lowest BCUT2D eigenvalue weighted by Gasteiger charge is -2.31. The minimum Gasteiger partial charge on any atom is -0.370 e. The molecule has 4 heterocycles. The van der Waals surface area contributed by atoms with E-state index in [1.165, 1.54) is 27.9 Å². The van der Waals surface area contributed by atoms with Crippen LogP contribution in [0.2, 0.25) is 0 Å². The van der Waals surface area contributed by atoms with Crippen molar-refractivity contribution in [2.24, 2.45) is 0 Å². The van der Waals surface area contributed by atoms with Crippen LogP contribution in [0.3, 0.4) is 0 Å². The smallest absolute Gasteiger partial charge is 0.0911 e. The lowest BCUT2D eigenvalue weighted by molar-refractivity contribution is 0.687. The van der Waals surface area contributed by atoms with Crippen LogP contribution in [0.15, 0.2) is 84.4 Å². The zero-order chi connectivity index (χ0) is 25.9. The van der Waals surface area contributed by atoms with Gasteiger partial charge in [-0.3, -0.25) is 9.97 Å². The Morgan fingerprint density at radius 1 is 0.711 bits per heavy atom. The third kappa shape index (κ3) is 4.46. The van der Waals surface area contributed by atoms with Gasteiger partial charge in [-0.2, -0.15) is 10.5 Å². The van der Waals surface area contributed by atoms with Crippen molar-refractivity contribution in [3.8, 4) is 23.4 Å². The van der Waals surface area contributed by atoms with Gasteiger partial charge in [-0.05, 0) is 55.3 Å². The van der Waals surface area contributed by atoms with Crippen molar-refractivity contribution in [2.45, 2.75) is 25.7 Å². The summed E-state index contributed by atoms with van der Waals surface area (Å²) in [5.74, 6) is 0. The summed E-state index contributed by atoms with van der Waals surface area (Å²) < 4.78 is 0. The number of rotatable bonds is 3. The highest BCUT2D eigenvalue weighted by molar-refractivity contribution is 6.04. The Morgan fingerprint density at radius 2 is 1.37 bits per heavy atom. The molecule has 2 aromatic heterocycles. The highest BCUT2D eigenvalue weighted by Crippen LogP contribution is 2.38. The van der Waals surface area contributed by atoms with Gasteiger partial charge in [0.25, 0.3) is 0 Å². The van der Waals surface area contributed by atoms with E-state index >= 15 is 0 Å². The Morgan fingerprint density at radius 3 is 2.03 bits per heavy atom. The summed E-state index contributed by atoms with van der Waals surface area (Å²) in [7, 11) is 0. The Balaban J connectivity index is 1.37. The summed E-state index contributed by atoms with van der Waals surface area (Å²) in [4.78, 5) is 14.2. The van der Waals surface area contributed by atoms with Gasteiger partial charge in [-0.1, -0.05) is 29.3 Å². The minimum absolute atomic E-state index is 0.898. The van der Waals surface area contributed by atoms with Gasteiger partial charge in [0.05, 0.1) is 17.8 Å². The van der Waals surface area contributed by atoms with E-state index in [1.54, 1.807) is 12.2 Å². The predicted octanol–water partition coefficient (Wildman–Crippen LogP) is 6.55. The molecule has 4 aromatic rings. The molecule has 0 aliphatic carbocycles.